The lowest BCUT2D eigenvalue weighted by Crippen LogP contribution is -2.43. The minimum absolute atomic E-state index is 0.148. The van der Waals surface area contributed by atoms with Gasteiger partial charge in [0, 0.05) is 17.4 Å². The summed E-state index contributed by atoms with van der Waals surface area (Å²) in [5.74, 6) is 1.33. The number of fused-ring (bicyclic) bond motifs is 4. The molecule has 0 radical (unpaired) electrons. The minimum Gasteiger partial charge on any atom is -0.488 e. The summed E-state index contributed by atoms with van der Waals surface area (Å²) < 4.78 is 6.03. The quantitative estimate of drug-likeness (QED) is 0.787. The van der Waals surface area contributed by atoms with Crippen molar-refractivity contribution in [3.05, 3.63) is 29.8 Å². The summed E-state index contributed by atoms with van der Waals surface area (Å²) in [5, 5.41) is 0. The lowest BCUT2D eigenvalue weighted by atomic mass is 9.74. The van der Waals surface area contributed by atoms with Crippen molar-refractivity contribution in [2.45, 2.75) is 57.6 Å². The van der Waals surface area contributed by atoms with Gasteiger partial charge in [-0.3, -0.25) is 4.79 Å². The van der Waals surface area contributed by atoms with Crippen LogP contribution in [0.4, 0.5) is 0 Å². The van der Waals surface area contributed by atoms with Gasteiger partial charge >= 0.3 is 0 Å². The van der Waals surface area contributed by atoms with E-state index in [1.165, 1.54) is 24.8 Å². The normalized spacial score (nSPS) is 29.7. The number of carbonyl (C=O) groups excluding carboxylic acids is 1. The van der Waals surface area contributed by atoms with Crippen LogP contribution in [-0.4, -0.2) is 23.5 Å². The van der Waals surface area contributed by atoms with E-state index in [2.05, 4.69) is 17.9 Å². The Morgan fingerprint density at radius 2 is 2.00 bits per heavy atom. The molecule has 2 heterocycles. The molecular weight excluding hydrogens is 262 g/mol. The predicted octanol–water partition coefficient (Wildman–Crippen LogP) is 3.69. The lowest BCUT2D eigenvalue weighted by molar-refractivity contribution is -0.144. The number of para-hydroxylation sites is 1. The Labute approximate surface area is 126 Å². The van der Waals surface area contributed by atoms with Crippen LogP contribution in [0.15, 0.2) is 24.3 Å². The maximum atomic E-state index is 13.1. The fourth-order valence-electron chi connectivity index (χ4n) is 4.34. The fraction of sp³-hybridized carbons (Fsp3) is 0.611. The zero-order chi connectivity index (χ0) is 14.4. The highest BCUT2D eigenvalue weighted by atomic mass is 16.5. The van der Waals surface area contributed by atoms with Crippen LogP contribution in [0.5, 0.6) is 5.75 Å². The Bertz CT molecular complexity index is 562. The van der Waals surface area contributed by atoms with Gasteiger partial charge in [-0.2, -0.15) is 0 Å². The molecule has 0 unspecified atom stereocenters. The van der Waals surface area contributed by atoms with Gasteiger partial charge in [-0.1, -0.05) is 44.4 Å². The SMILES string of the molecule is CC1(C(=O)N2C[C@@H]3C[C@H]2c2ccccc2O3)CCCCC1. The van der Waals surface area contributed by atoms with Crippen molar-refractivity contribution < 1.29 is 9.53 Å². The second kappa shape index (κ2) is 4.75. The van der Waals surface area contributed by atoms with Gasteiger partial charge in [0.25, 0.3) is 0 Å². The van der Waals surface area contributed by atoms with Crippen LogP contribution in [0.25, 0.3) is 0 Å². The van der Waals surface area contributed by atoms with E-state index >= 15 is 0 Å². The molecule has 2 atom stereocenters. The predicted molar refractivity (Wildman–Crippen MR) is 81.1 cm³/mol. The Hall–Kier alpha value is -1.51. The van der Waals surface area contributed by atoms with Gasteiger partial charge in [-0.05, 0) is 18.9 Å². The summed E-state index contributed by atoms with van der Waals surface area (Å²) in [6.07, 6.45) is 6.89. The fourth-order valence-corrected chi connectivity index (χ4v) is 4.34. The first kappa shape index (κ1) is 13.2. The number of carbonyl (C=O) groups is 1. The van der Waals surface area contributed by atoms with Gasteiger partial charge < -0.3 is 9.64 Å². The molecule has 2 bridgehead atoms. The summed E-state index contributed by atoms with van der Waals surface area (Å²) in [6.45, 7) is 2.93. The molecule has 4 rings (SSSR count). The third kappa shape index (κ3) is 2.05. The average Bonchev–Trinajstić information content (AvgIpc) is 2.85. The van der Waals surface area contributed by atoms with Crippen molar-refractivity contribution in [2.75, 3.05) is 6.54 Å². The second-order valence-corrected chi connectivity index (χ2v) is 7.11. The molecular formula is C18H23NO2. The number of rotatable bonds is 1. The lowest BCUT2D eigenvalue weighted by Gasteiger charge is -2.37. The highest BCUT2D eigenvalue weighted by Crippen LogP contribution is 2.47. The van der Waals surface area contributed by atoms with Gasteiger partial charge in [-0.25, -0.2) is 0 Å². The number of hydrogen-bond acceptors (Lipinski definition) is 2. The molecule has 3 heteroatoms. The number of ether oxygens (including phenoxy) is 1. The smallest absolute Gasteiger partial charge is 0.229 e. The van der Waals surface area contributed by atoms with Crippen molar-refractivity contribution in [3.63, 3.8) is 0 Å². The first-order valence-electron chi connectivity index (χ1n) is 8.24. The third-order valence-electron chi connectivity index (χ3n) is 5.57. The van der Waals surface area contributed by atoms with E-state index in [4.69, 9.17) is 4.74 Å². The van der Waals surface area contributed by atoms with Crippen LogP contribution in [0.2, 0.25) is 0 Å². The largest absolute Gasteiger partial charge is 0.488 e. The van der Waals surface area contributed by atoms with Crippen molar-refractivity contribution in [2.24, 2.45) is 5.41 Å². The Balaban J connectivity index is 1.64. The molecule has 0 spiro atoms. The Kier molecular flexibility index (Phi) is 2.98. The minimum atomic E-state index is -0.148. The molecule has 1 aromatic carbocycles. The zero-order valence-electron chi connectivity index (χ0n) is 12.7. The van der Waals surface area contributed by atoms with Crippen LogP contribution in [0.3, 0.4) is 0 Å². The molecule has 0 aromatic heterocycles. The second-order valence-electron chi connectivity index (χ2n) is 7.11. The number of likely N-dealkylation sites (tertiary alicyclic amines) is 1. The maximum Gasteiger partial charge on any atom is 0.229 e. The monoisotopic (exact) mass is 285 g/mol. The molecule has 21 heavy (non-hydrogen) atoms. The van der Waals surface area contributed by atoms with Crippen LogP contribution in [-0.2, 0) is 4.79 Å². The van der Waals surface area contributed by atoms with E-state index in [1.807, 2.05) is 18.2 Å². The molecule has 2 aliphatic heterocycles. The molecule has 3 aliphatic rings. The Morgan fingerprint density at radius 3 is 2.81 bits per heavy atom. The van der Waals surface area contributed by atoms with Crippen LogP contribution in [0, 0.1) is 5.41 Å². The molecule has 3 nitrogen and oxygen atoms in total. The maximum absolute atomic E-state index is 13.1. The van der Waals surface area contributed by atoms with Gasteiger partial charge in [0.05, 0.1) is 12.6 Å². The van der Waals surface area contributed by atoms with Crippen molar-refractivity contribution in [1.29, 1.82) is 0 Å². The highest BCUT2D eigenvalue weighted by molar-refractivity contribution is 5.83. The molecule has 0 N–H and O–H groups in total. The highest BCUT2D eigenvalue weighted by Gasteiger charge is 2.47. The first-order valence-corrected chi connectivity index (χ1v) is 8.24. The summed E-state index contributed by atoms with van der Waals surface area (Å²) in [5.41, 5.74) is 1.05. The van der Waals surface area contributed by atoms with E-state index in [0.717, 1.165) is 31.6 Å². The van der Waals surface area contributed by atoms with Gasteiger partial charge in [0.1, 0.15) is 11.9 Å². The summed E-state index contributed by atoms with van der Waals surface area (Å²) in [4.78, 5) is 15.3. The molecule has 112 valence electrons. The van der Waals surface area contributed by atoms with Crippen LogP contribution < -0.4 is 4.74 Å². The van der Waals surface area contributed by atoms with Gasteiger partial charge in [-0.15, -0.1) is 0 Å². The van der Waals surface area contributed by atoms with E-state index in [1.54, 1.807) is 0 Å². The standard InChI is InChI=1S/C18H23NO2/c1-18(9-5-2-6-10-18)17(20)19-12-13-11-15(19)14-7-3-4-8-16(14)21-13/h3-4,7-8,13,15H,2,5-6,9-12H2,1H3/t13-,15-/m0/s1. The van der Waals surface area contributed by atoms with E-state index in [0.29, 0.717) is 5.91 Å². The van der Waals surface area contributed by atoms with Crippen molar-refractivity contribution >= 4 is 5.91 Å². The Morgan fingerprint density at radius 1 is 1.24 bits per heavy atom. The molecule has 2 fully saturated rings. The third-order valence-corrected chi connectivity index (χ3v) is 5.57. The molecule has 1 aliphatic carbocycles. The van der Waals surface area contributed by atoms with Gasteiger partial charge in [0.15, 0.2) is 0 Å². The molecule has 1 amide bonds. The van der Waals surface area contributed by atoms with Crippen LogP contribution in [0.1, 0.15) is 57.1 Å². The number of amides is 1. The number of benzene rings is 1. The van der Waals surface area contributed by atoms with E-state index in [9.17, 15) is 4.79 Å². The average molecular weight is 285 g/mol. The topological polar surface area (TPSA) is 29.5 Å². The summed E-state index contributed by atoms with van der Waals surface area (Å²) in [6, 6.07) is 8.44. The first-order chi connectivity index (χ1) is 10.2. The molecule has 1 saturated heterocycles. The molecule has 1 aromatic rings. The van der Waals surface area contributed by atoms with Crippen molar-refractivity contribution in [3.8, 4) is 5.75 Å². The van der Waals surface area contributed by atoms with Crippen molar-refractivity contribution in [1.82, 2.24) is 4.90 Å². The van der Waals surface area contributed by atoms with E-state index < -0.39 is 0 Å². The van der Waals surface area contributed by atoms with Gasteiger partial charge in [0.2, 0.25) is 5.91 Å². The zero-order valence-corrected chi connectivity index (χ0v) is 12.7. The number of hydrogen-bond donors (Lipinski definition) is 0. The summed E-state index contributed by atoms with van der Waals surface area (Å²) in [7, 11) is 0. The molecule has 1 saturated carbocycles. The summed E-state index contributed by atoms with van der Waals surface area (Å²) >= 11 is 0. The van der Waals surface area contributed by atoms with Crippen LogP contribution >= 0.6 is 0 Å². The number of nitrogens with zero attached hydrogens (tertiary/aromatic N) is 1. The van der Waals surface area contributed by atoms with E-state index in [-0.39, 0.29) is 17.6 Å².